The number of methoxy groups -OCH3 is 1. The molecule has 0 atom stereocenters. The Bertz CT molecular complexity index is 663. The van der Waals surface area contributed by atoms with E-state index in [1.54, 1.807) is 14.2 Å². The van der Waals surface area contributed by atoms with Crippen LogP contribution in [0, 0.1) is 0 Å². The predicted octanol–water partition coefficient (Wildman–Crippen LogP) is 3.33. The number of carbonyl (C=O) groups is 1. The average Bonchev–Trinajstić information content (AvgIpc) is 2.65. The lowest BCUT2D eigenvalue weighted by molar-refractivity contribution is 0.0529. The molecule has 1 aromatic carbocycles. The zero-order valence-corrected chi connectivity index (χ0v) is 21.3. The van der Waals surface area contributed by atoms with Gasteiger partial charge in [-0.05, 0) is 58.2 Å². The van der Waals surface area contributed by atoms with Gasteiger partial charge in [0.05, 0.1) is 13.7 Å². The fraction of sp³-hybridized carbons (Fsp3) is 0.619. The molecule has 0 aliphatic rings. The molecule has 1 rings (SSSR count). The first-order valence-corrected chi connectivity index (χ1v) is 10.00. The maximum Gasteiger partial charge on any atom is 0.407 e. The number of hydrogen-bond acceptors (Lipinski definition) is 5. The van der Waals surface area contributed by atoms with E-state index in [0.29, 0.717) is 25.7 Å². The van der Waals surface area contributed by atoms with Gasteiger partial charge in [0, 0.05) is 26.7 Å². The average molecular weight is 536 g/mol. The molecule has 0 aromatic heterocycles. The molecule has 30 heavy (non-hydrogen) atoms. The maximum atomic E-state index is 11.6. The SMILES string of the molecule is CCOc1cc(CCCNC(=NC)NCCNC(=O)OC(C)(C)C)ccc1OC.I. The largest absolute Gasteiger partial charge is 0.493 e. The van der Waals surface area contributed by atoms with Crippen molar-refractivity contribution in [2.24, 2.45) is 4.99 Å². The molecular weight excluding hydrogens is 499 g/mol. The molecule has 0 aliphatic heterocycles. The number of halogens is 1. The molecule has 1 aromatic rings. The van der Waals surface area contributed by atoms with Gasteiger partial charge in [0.15, 0.2) is 17.5 Å². The second-order valence-corrected chi connectivity index (χ2v) is 7.38. The third-order valence-corrected chi connectivity index (χ3v) is 3.77. The maximum absolute atomic E-state index is 11.6. The van der Waals surface area contributed by atoms with Crippen LogP contribution in [-0.4, -0.2) is 58.1 Å². The number of nitrogens with zero attached hydrogens (tertiary/aromatic N) is 1. The van der Waals surface area contributed by atoms with Crippen molar-refractivity contribution in [1.29, 1.82) is 0 Å². The van der Waals surface area contributed by atoms with Crippen molar-refractivity contribution in [3.8, 4) is 11.5 Å². The van der Waals surface area contributed by atoms with Gasteiger partial charge in [-0.15, -0.1) is 24.0 Å². The van der Waals surface area contributed by atoms with Crippen LogP contribution in [0.25, 0.3) is 0 Å². The Morgan fingerprint density at radius 1 is 1.07 bits per heavy atom. The number of nitrogens with one attached hydrogen (secondary N) is 3. The highest BCUT2D eigenvalue weighted by molar-refractivity contribution is 14.0. The summed E-state index contributed by atoms with van der Waals surface area (Å²) in [5.41, 5.74) is 0.697. The van der Waals surface area contributed by atoms with E-state index >= 15 is 0 Å². The molecule has 172 valence electrons. The molecule has 0 unspecified atom stereocenters. The Hall–Kier alpha value is -1.91. The Morgan fingerprint density at radius 2 is 1.73 bits per heavy atom. The molecule has 0 radical (unpaired) electrons. The van der Waals surface area contributed by atoms with Gasteiger partial charge in [0.1, 0.15) is 5.60 Å². The lowest BCUT2D eigenvalue weighted by atomic mass is 10.1. The van der Waals surface area contributed by atoms with E-state index in [1.165, 1.54) is 5.56 Å². The van der Waals surface area contributed by atoms with E-state index in [0.717, 1.165) is 30.9 Å². The summed E-state index contributed by atoms with van der Waals surface area (Å²) in [6.45, 7) is 9.83. The first-order chi connectivity index (χ1) is 13.8. The van der Waals surface area contributed by atoms with E-state index in [4.69, 9.17) is 14.2 Å². The Labute approximate surface area is 197 Å². The van der Waals surface area contributed by atoms with E-state index in [-0.39, 0.29) is 24.0 Å². The fourth-order valence-electron chi connectivity index (χ4n) is 2.52. The number of carbonyl (C=O) groups excluding carboxylic acids is 1. The minimum Gasteiger partial charge on any atom is -0.493 e. The van der Waals surface area contributed by atoms with Crippen molar-refractivity contribution in [3.05, 3.63) is 23.8 Å². The van der Waals surface area contributed by atoms with Crippen molar-refractivity contribution in [3.63, 3.8) is 0 Å². The van der Waals surface area contributed by atoms with Gasteiger partial charge in [-0.3, -0.25) is 4.99 Å². The minimum atomic E-state index is -0.498. The van der Waals surface area contributed by atoms with Crippen molar-refractivity contribution in [2.75, 3.05) is 40.4 Å². The number of aliphatic imine (C=N–C) groups is 1. The van der Waals surface area contributed by atoms with E-state index in [1.807, 2.05) is 39.8 Å². The van der Waals surface area contributed by atoms with Crippen LogP contribution in [0.3, 0.4) is 0 Å². The highest BCUT2D eigenvalue weighted by Gasteiger charge is 2.15. The minimum absolute atomic E-state index is 0. The standard InChI is InChI=1S/C21H36N4O4.HI/c1-7-28-18-15-16(10-11-17(18)27-6)9-8-12-23-19(22-5)24-13-14-25-20(26)29-21(2,3)4;/h10-11,15H,7-9,12-14H2,1-6H3,(H,25,26)(H2,22,23,24);1H. The van der Waals surface area contributed by atoms with Gasteiger partial charge in [-0.1, -0.05) is 6.07 Å². The monoisotopic (exact) mass is 536 g/mol. The van der Waals surface area contributed by atoms with Crippen LogP contribution < -0.4 is 25.4 Å². The Balaban J connectivity index is 0.00000841. The predicted molar refractivity (Wildman–Crippen MR) is 132 cm³/mol. The number of alkyl carbamates (subject to hydrolysis) is 1. The first-order valence-electron chi connectivity index (χ1n) is 10.00. The summed E-state index contributed by atoms with van der Waals surface area (Å²) in [7, 11) is 3.36. The number of amides is 1. The van der Waals surface area contributed by atoms with Gasteiger partial charge >= 0.3 is 6.09 Å². The number of guanidine groups is 1. The Kier molecular flexibility index (Phi) is 14.0. The first kappa shape index (κ1) is 28.1. The van der Waals surface area contributed by atoms with Crippen LogP contribution >= 0.6 is 24.0 Å². The van der Waals surface area contributed by atoms with E-state index in [9.17, 15) is 4.79 Å². The van der Waals surface area contributed by atoms with Crippen molar-refractivity contribution in [1.82, 2.24) is 16.0 Å². The van der Waals surface area contributed by atoms with Gasteiger partial charge in [-0.2, -0.15) is 0 Å². The summed E-state index contributed by atoms with van der Waals surface area (Å²) in [5, 5.41) is 9.13. The lowest BCUT2D eigenvalue weighted by Gasteiger charge is -2.20. The fourth-order valence-corrected chi connectivity index (χ4v) is 2.52. The van der Waals surface area contributed by atoms with Crippen molar-refractivity contribution >= 4 is 36.0 Å². The van der Waals surface area contributed by atoms with Crippen LogP contribution in [0.4, 0.5) is 4.79 Å². The Morgan fingerprint density at radius 3 is 2.33 bits per heavy atom. The molecule has 8 nitrogen and oxygen atoms in total. The number of aryl methyl sites for hydroxylation is 1. The summed E-state index contributed by atoms with van der Waals surface area (Å²) in [4.78, 5) is 15.8. The van der Waals surface area contributed by atoms with Crippen LogP contribution in [0.15, 0.2) is 23.2 Å². The second kappa shape index (κ2) is 15.0. The molecule has 3 N–H and O–H groups in total. The van der Waals surface area contributed by atoms with Gasteiger partial charge < -0.3 is 30.2 Å². The highest BCUT2D eigenvalue weighted by Crippen LogP contribution is 2.28. The molecule has 0 saturated carbocycles. The summed E-state index contributed by atoms with van der Waals surface area (Å²) in [5.74, 6) is 2.22. The number of benzene rings is 1. The van der Waals surface area contributed by atoms with E-state index < -0.39 is 11.7 Å². The van der Waals surface area contributed by atoms with Crippen molar-refractivity contribution in [2.45, 2.75) is 46.1 Å². The molecule has 0 aliphatic carbocycles. The summed E-state index contributed by atoms with van der Waals surface area (Å²) < 4.78 is 16.1. The van der Waals surface area contributed by atoms with Crippen LogP contribution in [0.2, 0.25) is 0 Å². The molecular formula is C21H37IN4O4. The molecule has 0 fully saturated rings. The van der Waals surface area contributed by atoms with Gasteiger partial charge in [0.25, 0.3) is 0 Å². The molecule has 0 heterocycles. The zero-order chi connectivity index (χ0) is 21.7. The molecule has 0 saturated heterocycles. The topological polar surface area (TPSA) is 93.2 Å². The van der Waals surface area contributed by atoms with Crippen LogP contribution in [-0.2, 0) is 11.2 Å². The van der Waals surface area contributed by atoms with E-state index in [2.05, 4.69) is 27.0 Å². The zero-order valence-electron chi connectivity index (χ0n) is 19.0. The summed E-state index contributed by atoms with van der Waals surface area (Å²) in [6.07, 6.45) is 1.43. The smallest absolute Gasteiger partial charge is 0.407 e. The molecule has 0 spiro atoms. The third kappa shape index (κ3) is 11.9. The van der Waals surface area contributed by atoms with Gasteiger partial charge in [0.2, 0.25) is 0 Å². The number of hydrogen-bond donors (Lipinski definition) is 3. The quantitative estimate of drug-likeness (QED) is 0.184. The second-order valence-electron chi connectivity index (χ2n) is 7.38. The summed E-state index contributed by atoms with van der Waals surface area (Å²) in [6, 6.07) is 6.01. The lowest BCUT2D eigenvalue weighted by Crippen LogP contribution is -2.42. The van der Waals surface area contributed by atoms with Crippen molar-refractivity contribution < 1.29 is 19.0 Å². The molecule has 0 bridgehead atoms. The third-order valence-electron chi connectivity index (χ3n) is 3.77. The van der Waals surface area contributed by atoms with Gasteiger partial charge in [-0.25, -0.2) is 4.79 Å². The number of ether oxygens (including phenoxy) is 3. The number of rotatable bonds is 10. The molecule has 9 heteroatoms. The highest BCUT2D eigenvalue weighted by atomic mass is 127. The normalized spacial score (nSPS) is 11.2. The molecule has 1 amide bonds. The van der Waals surface area contributed by atoms with Crippen LogP contribution in [0.5, 0.6) is 11.5 Å². The van der Waals surface area contributed by atoms with Crippen LogP contribution in [0.1, 0.15) is 39.7 Å². The summed E-state index contributed by atoms with van der Waals surface area (Å²) >= 11 is 0.